The first-order valence-corrected chi connectivity index (χ1v) is 13.3. The molecule has 0 saturated heterocycles. The fourth-order valence-corrected chi connectivity index (χ4v) is 5.49. The molecule has 0 spiro atoms. The lowest BCUT2D eigenvalue weighted by Gasteiger charge is -2.22. The number of aliphatic hydroxyl groups excluding tert-OH is 1. The van der Waals surface area contributed by atoms with Crippen LogP contribution in [0.1, 0.15) is 109 Å². The first-order chi connectivity index (χ1) is 16.0. The van der Waals surface area contributed by atoms with Crippen molar-refractivity contribution in [3.8, 4) is 11.5 Å². The van der Waals surface area contributed by atoms with Crippen LogP contribution < -0.4 is 4.74 Å². The Balaban J connectivity index is 1.43. The van der Waals surface area contributed by atoms with Gasteiger partial charge in [-0.25, -0.2) is 0 Å². The number of carbonyl (C=O) groups excluding carboxylic acids is 1. The van der Waals surface area contributed by atoms with Crippen LogP contribution in [0, 0.1) is 5.92 Å². The molecule has 2 saturated carbocycles. The molecule has 2 aliphatic carbocycles. The summed E-state index contributed by atoms with van der Waals surface area (Å²) in [6.07, 6.45) is 16.9. The Labute approximate surface area is 199 Å². The number of aromatic hydroxyl groups is 1. The second kappa shape index (κ2) is 13.8. The average Bonchev–Trinajstić information content (AvgIpc) is 3.30. The van der Waals surface area contributed by atoms with Crippen LogP contribution in [0.3, 0.4) is 0 Å². The van der Waals surface area contributed by atoms with E-state index in [1.165, 1.54) is 64.7 Å². The minimum absolute atomic E-state index is 0.172. The van der Waals surface area contributed by atoms with Crippen molar-refractivity contribution in [2.45, 2.75) is 128 Å². The molecule has 0 aromatic heterocycles. The minimum Gasteiger partial charge on any atom is -0.504 e. The molecule has 2 aliphatic rings. The number of benzene rings is 1. The highest BCUT2D eigenvalue weighted by Gasteiger charge is 2.20. The lowest BCUT2D eigenvalue weighted by atomic mass is 9.85. The molecule has 0 aliphatic heterocycles. The van der Waals surface area contributed by atoms with Crippen LogP contribution in [0.15, 0.2) is 18.2 Å². The van der Waals surface area contributed by atoms with E-state index in [-0.39, 0.29) is 23.9 Å². The minimum atomic E-state index is -0.443. The number of carbonyl (C=O) groups is 1. The molecule has 2 unspecified atom stereocenters. The van der Waals surface area contributed by atoms with Gasteiger partial charge in [0.05, 0.1) is 12.2 Å². The number of hydrogen-bond acceptors (Lipinski definition) is 5. The van der Waals surface area contributed by atoms with Crippen LogP contribution in [0.4, 0.5) is 0 Å². The molecule has 2 fully saturated rings. The van der Waals surface area contributed by atoms with Gasteiger partial charge in [-0.15, -0.1) is 0 Å². The number of phenols is 1. The van der Waals surface area contributed by atoms with Gasteiger partial charge in [0.1, 0.15) is 6.10 Å². The molecule has 186 valence electrons. The average molecular weight is 461 g/mol. The number of unbranched alkanes of at least 4 members (excludes halogenated alkanes) is 1. The number of aryl methyl sites for hydroxylation is 1. The van der Waals surface area contributed by atoms with Crippen LogP contribution in [0.5, 0.6) is 11.5 Å². The molecule has 0 heterocycles. The van der Waals surface area contributed by atoms with Crippen molar-refractivity contribution in [1.29, 1.82) is 0 Å². The standard InChI is InChI=1S/C28H44O5/c1-21(29)32-26(20-24(30)12-6-5-11-22-9-3-2-4-10-22)17-15-23-16-18-27(31)28(19-23)33-25-13-7-8-14-25/h16,18-19,22,24-26,30-31H,2-15,17,20H2,1H3. The van der Waals surface area contributed by atoms with E-state index in [0.29, 0.717) is 25.0 Å². The Morgan fingerprint density at radius 1 is 1.03 bits per heavy atom. The van der Waals surface area contributed by atoms with E-state index >= 15 is 0 Å². The molecule has 1 aromatic rings. The summed E-state index contributed by atoms with van der Waals surface area (Å²) in [5, 5.41) is 20.7. The smallest absolute Gasteiger partial charge is 0.302 e. The fourth-order valence-electron chi connectivity index (χ4n) is 5.49. The summed E-state index contributed by atoms with van der Waals surface area (Å²) < 4.78 is 11.5. The second-order valence-electron chi connectivity index (χ2n) is 10.3. The van der Waals surface area contributed by atoms with Crippen molar-refractivity contribution in [3.05, 3.63) is 23.8 Å². The lowest BCUT2D eigenvalue weighted by molar-refractivity contribution is -0.148. The number of aliphatic hydroxyl groups is 1. The quantitative estimate of drug-likeness (QED) is 0.261. The summed E-state index contributed by atoms with van der Waals surface area (Å²) in [6, 6.07) is 5.48. The number of hydrogen-bond donors (Lipinski definition) is 2. The highest BCUT2D eigenvalue weighted by molar-refractivity contribution is 5.66. The van der Waals surface area contributed by atoms with E-state index in [4.69, 9.17) is 9.47 Å². The SMILES string of the molecule is CC(=O)OC(CCc1ccc(O)c(OC2CCCC2)c1)CC(O)CCCCC1CCCCC1. The summed E-state index contributed by atoms with van der Waals surface area (Å²) in [7, 11) is 0. The van der Waals surface area contributed by atoms with Gasteiger partial charge >= 0.3 is 5.97 Å². The summed E-state index contributed by atoms with van der Waals surface area (Å²) >= 11 is 0. The van der Waals surface area contributed by atoms with Crippen LogP contribution in [-0.2, 0) is 16.0 Å². The maximum atomic E-state index is 11.6. The van der Waals surface area contributed by atoms with Gasteiger partial charge in [0.15, 0.2) is 11.5 Å². The molecule has 2 N–H and O–H groups in total. The Bertz CT molecular complexity index is 706. The third kappa shape index (κ3) is 9.56. The number of esters is 1. The van der Waals surface area contributed by atoms with E-state index in [2.05, 4.69) is 0 Å². The predicted octanol–water partition coefficient (Wildman–Crippen LogP) is 6.47. The molecule has 1 aromatic carbocycles. The third-order valence-electron chi connectivity index (χ3n) is 7.37. The third-order valence-corrected chi connectivity index (χ3v) is 7.37. The Hall–Kier alpha value is -1.75. The van der Waals surface area contributed by atoms with E-state index in [9.17, 15) is 15.0 Å². The van der Waals surface area contributed by atoms with Crippen molar-refractivity contribution in [3.63, 3.8) is 0 Å². The van der Waals surface area contributed by atoms with Crippen molar-refractivity contribution in [2.24, 2.45) is 5.92 Å². The maximum absolute atomic E-state index is 11.6. The largest absolute Gasteiger partial charge is 0.504 e. The topological polar surface area (TPSA) is 76.0 Å². The summed E-state index contributed by atoms with van der Waals surface area (Å²) in [5.74, 6) is 1.30. The van der Waals surface area contributed by atoms with E-state index < -0.39 is 6.10 Å². The maximum Gasteiger partial charge on any atom is 0.302 e. The van der Waals surface area contributed by atoms with Crippen LogP contribution in [-0.4, -0.2) is 34.5 Å². The van der Waals surface area contributed by atoms with Crippen LogP contribution in [0.25, 0.3) is 0 Å². The molecule has 33 heavy (non-hydrogen) atoms. The molecule has 5 nitrogen and oxygen atoms in total. The first kappa shape index (κ1) is 25.9. The van der Waals surface area contributed by atoms with Crippen molar-refractivity contribution in [1.82, 2.24) is 0 Å². The van der Waals surface area contributed by atoms with Crippen LogP contribution >= 0.6 is 0 Å². The summed E-state index contributed by atoms with van der Waals surface area (Å²) in [4.78, 5) is 11.6. The molecule has 0 amide bonds. The zero-order chi connectivity index (χ0) is 23.5. The number of rotatable bonds is 13. The van der Waals surface area contributed by atoms with Crippen molar-refractivity contribution in [2.75, 3.05) is 0 Å². The summed E-state index contributed by atoms with van der Waals surface area (Å²) in [6.45, 7) is 1.43. The molecule has 0 radical (unpaired) electrons. The van der Waals surface area contributed by atoms with E-state index in [1.807, 2.05) is 12.1 Å². The zero-order valence-electron chi connectivity index (χ0n) is 20.5. The highest BCUT2D eigenvalue weighted by atomic mass is 16.5. The lowest BCUT2D eigenvalue weighted by Crippen LogP contribution is -2.23. The Morgan fingerprint density at radius 2 is 1.76 bits per heavy atom. The predicted molar refractivity (Wildman–Crippen MR) is 131 cm³/mol. The van der Waals surface area contributed by atoms with Gasteiger partial charge < -0.3 is 19.7 Å². The summed E-state index contributed by atoms with van der Waals surface area (Å²) in [5.41, 5.74) is 1.04. The van der Waals surface area contributed by atoms with Crippen LogP contribution in [0.2, 0.25) is 0 Å². The molecular weight excluding hydrogens is 416 g/mol. The van der Waals surface area contributed by atoms with Gasteiger partial charge in [-0.05, 0) is 68.6 Å². The molecule has 3 rings (SSSR count). The molecular formula is C28H44O5. The van der Waals surface area contributed by atoms with Gasteiger partial charge in [-0.2, -0.15) is 0 Å². The molecule has 5 heteroatoms. The Morgan fingerprint density at radius 3 is 2.48 bits per heavy atom. The van der Waals surface area contributed by atoms with Crippen molar-refractivity contribution >= 4 is 5.97 Å². The van der Waals surface area contributed by atoms with Crippen molar-refractivity contribution < 1.29 is 24.5 Å². The molecule has 0 bridgehead atoms. The second-order valence-corrected chi connectivity index (χ2v) is 10.3. The van der Waals surface area contributed by atoms with Gasteiger partial charge in [-0.1, -0.05) is 57.4 Å². The first-order valence-electron chi connectivity index (χ1n) is 13.3. The van der Waals surface area contributed by atoms with E-state index in [1.54, 1.807) is 6.07 Å². The van der Waals surface area contributed by atoms with Gasteiger partial charge in [-0.3, -0.25) is 4.79 Å². The van der Waals surface area contributed by atoms with Gasteiger partial charge in [0.25, 0.3) is 0 Å². The number of ether oxygens (including phenoxy) is 2. The van der Waals surface area contributed by atoms with Gasteiger partial charge in [0, 0.05) is 13.3 Å². The fraction of sp³-hybridized carbons (Fsp3) is 0.750. The number of phenolic OH excluding ortho intramolecular Hbond substituents is 1. The Kier molecular flexibility index (Phi) is 10.8. The normalized spacial score (nSPS) is 19.3. The monoisotopic (exact) mass is 460 g/mol. The zero-order valence-corrected chi connectivity index (χ0v) is 20.5. The van der Waals surface area contributed by atoms with Gasteiger partial charge in [0.2, 0.25) is 0 Å². The highest BCUT2D eigenvalue weighted by Crippen LogP contribution is 2.32. The van der Waals surface area contributed by atoms with E-state index in [0.717, 1.165) is 37.2 Å². The molecule has 2 atom stereocenters.